The van der Waals surface area contributed by atoms with Gasteiger partial charge in [0.15, 0.2) is 0 Å². The van der Waals surface area contributed by atoms with Gasteiger partial charge in [0.1, 0.15) is 11.2 Å². The predicted octanol–water partition coefficient (Wildman–Crippen LogP) is 5.94. The van der Waals surface area contributed by atoms with Crippen LogP contribution in [0.4, 0.5) is 0 Å². The molecule has 0 spiro atoms. The van der Waals surface area contributed by atoms with Gasteiger partial charge in [0.2, 0.25) is 0 Å². The SMILES string of the molecule is OC(c1ccccc1)(c1ccccc1)C1CC(C=CCOCC=CC2CNC(C(O)(c3ccccc3)c3ccccc3)C2)CN1. The largest absolute Gasteiger partial charge is 0.379 e. The zero-order valence-corrected chi connectivity index (χ0v) is 25.7. The highest BCUT2D eigenvalue weighted by molar-refractivity contribution is 5.40. The molecule has 5 nitrogen and oxygen atoms in total. The fourth-order valence-electron chi connectivity index (χ4n) is 7.06. The van der Waals surface area contributed by atoms with E-state index >= 15 is 0 Å². The maximum Gasteiger partial charge on any atom is 0.130 e. The van der Waals surface area contributed by atoms with Gasteiger partial charge in [0.25, 0.3) is 0 Å². The summed E-state index contributed by atoms with van der Waals surface area (Å²) >= 11 is 0. The lowest BCUT2D eigenvalue weighted by molar-refractivity contribution is 0.0433. The van der Waals surface area contributed by atoms with Crippen LogP contribution in [-0.4, -0.2) is 48.6 Å². The molecule has 4 unspecified atom stereocenters. The van der Waals surface area contributed by atoms with E-state index in [1.807, 2.05) is 121 Å². The van der Waals surface area contributed by atoms with Gasteiger partial charge in [-0.15, -0.1) is 0 Å². The number of ether oxygens (including phenoxy) is 1. The average molecular weight is 601 g/mol. The second-order valence-corrected chi connectivity index (χ2v) is 12.3. The Morgan fingerprint density at radius 1 is 0.533 bits per heavy atom. The Labute approximate surface area is 267 Å². The second kappa shape index (κ2) is 14.5. The molecule has 2 aliphatic rings. The molecule has 0 amide bonds. The van der Waals surface area contributed by atoms with Crippen LogP contribution in [0, 0.1) is 11.8 Å². The van der Waals surface area contributed by atoms with Gasteiger partial charge in [0, 0.05) is 25.2 Å². The average Bonchev–Trinajstić information content (AvgIpc) is 3.80. The van der Waals surface area contributed by atoms with Gasteiger partial charge in [-0.25, -0.2) is 0 Å². The van der Waals surface area contributed by atoms with Crippen molar-refractivity contribution in [2.45, 2.75) is 36.1 Å². The van der Waals surface area contributed by atoms with E-state index in [0.29, 0.717) is 25.0 Å². The normalized spacial score (nSPS) is 22.4. The minimum atomic E-state index is -1.10. The van der Waals surface area contributed by atoms with Crippen LogP contribution < -0.4 is 10.6 Å². The van der Waals surface area contributed by atoms with E-state index in [-0.39, 0.29) is 12.1 Å². The molecule has 0 bridgehead atoms. The first kappa shape index (κ1) is 31.2. The smallest absolute Gasteiger partial charge is 0.130 e. The van der Waals surface area contributed by atoms with E-state index in [1.54, 1.807) is 0 Å². The molecule has 4 aromatic rings. The highest BCUT2D eigenvalue weighted by Gasteiger charge is 2.44. The summed E-state index contributed by atoms with van der Waals surface area (Å²) in [6.45, 7) is 2.72. The van der Waals surface area contributed by atoms with Crippen LogP contribution in [0.2, 0.25) is 0 Å². The maximum atomic E-state index is 12.1. The predicted molar refractivity (Wildman–Crippen MR) is 181 cm³/mol. The number of aliphatic hydroxyl groups is 2. The summed E-state index contributed by atoms with van der Waals surface area (Å²) in [6.07, 6.45) is 10.3. The van der Waals surface area contributed by atoms with Crippen LogP contribution in [0.5, 0.6) is 0 Å². The van der Waals surface area contributed by atoms with Crippen molar-refractivity contribution in [2.75, 3.05) is 26.3 Å². The van der Waals surface area contributed by atoms with E-state index in [9.17, 15) is 10.2 Å². The first-order valence-electron chi connectivity index (χ1n) is 16.1. The first-order chi connectivity index (χ1) is 22.1. The van der Waals surface area contributed by atoms with Crippen molar-refractivity contribution < 1.29 is 14.9 Å². The number of benzene rings is 4. The van der Waals surface area contributed by atoms with Crippen LogP contribution in [0.3, 0.4) is 0 Å². The molecule has 0 saturated carbocycles. The van der Waals surface area contributed by atoms with Gasteiger partial charge >= 0.3 is 0 Å². The molecule has 4 aromatic carbocycles. The van der Waals surface area contributed by atoms with Crippen LogP contribution in [0.1, 0.15) is 35.1 Å². The van der Waals surface area contributed by atoms with Gasteiger partial charge in [-0.05, 0) is 46.9 Å². The van der Waals surface area contributed by atoms with Crippen molar-refractivity contribution in [3.8, 4) is 0 Å². The number of hydrogen-bond donors (Lipinski definition) is 4. The Kier molecular flexibility index (Phi) is 10.0. The van der Waals surface area contributed by atoms with Gasteiger partial charge in [-0.2, -0.15) is 0 Å². The molecular formula is C40H44N2O3. The van der Waals surface area contributed by atoms with E-state index < -0.39 is 11.2 Å². The molecule has 45 heavy (non-hydrogen) atoms. The highest BCUT2D eigenvalue weighted by Crippen LogP contribution is 2.39. The minimum absolute atomic E-state index is 0.0916. The summed E-state index contributed by atoms with van der Waals surface area (Å²) in [5, 5.41) is 31.3. The van der Waals surface area contributed by atoms with Gasteiger partial charge in [0.05, 0.1) is 13.2 Å². The Balaban J connectivity index is 0.989. The molecule has 2 heterocycles. The quantitative estimate of drug-likeness (QED) is 0.120. The van der Waals surface area contributed by atoms with Crippen molar-refractivity contribution in [1.82, 2.24) is 10.6 Å². The number of nitrogens with one attached hydrogen (secondary N) is 2. The molecule has 6 rings (SSSR count). The van der Waals surface area contributed by atoms with Crippen molar-refractivity contribution in [3.05, 3.63) is 168 Å². The second-order valence-electron chi connectivity index (χ2n) is 12.3. The summed E-state index contributed by atoms with van der Waals surface area (Å²) in [7, 11) is 0. The van der Waals surface area contributed by atoms with Crippen molar-refractivity contribution in [2.24, 2.45) is 11.8 Å². The summed E-state index contributed by atoms with van der Waals surface area (Å²) in [6, 6.07) is 39.7. The number of hydrogen-bond acceptors (Lipinski definition) is 5. The summed E-state index contributed by atoms with van der Waals surface area (Å²) in [5.74, 6) is 0.644. The van der Waals surface area contributed by atoms with Gasteiger partial charge in [-0.3, -0.25) is 0 Å². The third-order valence-corrected chi connectivity index (χ3v) is 9.44. The molecule has 2 aliphatic heterocycles. The van der Waals surface area contributed by atoms with E-state index in [2.05, 4.69) is 34.9 Å². The molecule has 0 radical (unpaired) electrons. The van der Waals surface area contributed by atoms with Crippen molar-refractivity contribution in [3.63, 3.8) is 0 Å². The molecule has 4 atom stereocenters. The van der Waals surface area contributed by atoms with Crippen molar-refractivity contribution >= 4 is 0 Å². The molecule has 4 N–H and O–H groups in total. The zero-order valence-electron chi connectivity index (χ0n) is 25.7. The monoisotopic (exact) mass is 600 g/mol. The van der Waals surface area contributed by atoms with E-state index in [0.717, 1.165) is 48.2 Å². The molecule has 0 aromatic heterocycles. The lowest BCUT2D eigenvalue weighted by atomic mass is 9.78. The molecule has 232 valence electrons. The lowest BCUT2D eigenvalue weighted by Crippen LogP contribution is -2.46. The van der Waals surface area contributed by atoms with Gasteiger partial charge < -0.3 is 25.6 Å². The standard InChI is InChI=1S/C40H44N2O3/c43-39(33-17-5-1-6-18-33,34-19-7-2-8-20-34)37-27-31(29-41-37)15-13-25-45-26-14-16-32-28-38(42-30-32)40(44,35-21-9-3-10-22-35)36-23-11-4-12-24-36/h1-24,31-32,37-38,41-44H,25-30H2. The Morgan fingerprint density at radius 3 is 1.16 bits per heavy atom. The molecular weight excluding hydrogens is 556 g/mol. The Morgan fingerprint density at radius 2 is 0.844 bits per heavy atom. The zero-order chi connectivity index (χ0) is 31.0. The summed E-state index contributed by atoms with van der Waals surface area (Å²) < 4.78 is 5.91. The van der Waals surface area contributed by atoms with E-state index in [4.69, 9.17) is 4.74 Å². The van der Waals surface area contributed by atoms with Crippen LogP contribution in [0.15, 0.2) is 146 Å². The Bertz CT molecular complexity index is 1330. The summed E-state index contributed by atoms with van der Waals surface area (Å²) in [5.41, 5.74) is 1.42. The maximum absolute atomic E-state index is 12.1. The minimum Gasteiger partial charge on any atom is -0.379 e. The molecule has 0 aliphatic carbocycles. The molecule has 5 heteroatoms. The van der Waals surface area contributed by atoms with Gasteiger partial charge in [-0.1, -0.05) is 146 Å². The van der Waals surface area contributed by atoms with Crippen molar-refractivity contribution in [1.29, 1.82) is 0 Å². The van der Waals surface area contributed by atoms with Crippen LogP contribution >= 0.6 is 0 Å². The summed E-state index contributed by atoms with van der Waals surface area (Å²) in [4.78, 5) is 0. The number of rotatable bonds is 12. The highest BCUT2D eigenvalue weighted by atomic mass is 16.5. The lowest BCUT2D eigenvalue weighted by Gasteiger charge is -2.35. The third kappa shape index (κ3) is 6.89. The first-order valence-corrected chi connectivity index (χ1v) is 16.1. The fourth-order valence-corrected chi connectivity index (χ4v) is 7.06. The topological polar surface area (TPSA) is 73.8 Å². The van der Waals surface area contributed by atoms with E-state index in [1.165, 1.54) is 0 Å². The fraction of sp³-hybridized carbons (Fsp3) is 0.300. The molecule has 2 saturated heterocycles. The Hall–Kier alpha value is -3.84. The van der Waals surface area contributed by atoms with Crippen LogP contribution in [0.25, 0.3) is 0 Å². The third-order valence-electron chi connectivity index (χ3n) is 9.44. The molecule has 2 fully saturated rings. The van der Waals surface area contributed by atoms with Crippen LogP contribution in [-0.2, 0) is 15.9 Å².